The smallest absolute Gasteiger partial charge is 0.351 e. The van der Waals surface area contributed by atoms with Crippen LogP contribution in [-0.4, -0.2) is 28.3 Å². The first-order valence-electron chi connectivity index (χ1n) is 7.86. The molecule has 2 aromatic rings. The molecule has 26 heavy (non-hydrogen) atoms. The quantitative estimate of drug-likeness (QED) is 0.874. The normalized spacial score (nSPS) is 16.2. The molecule has 6 nitrogen and oxygen atoms in total. The molecule has 9 heteroatoms. The molecule has 0 bridgehead atoms. The monoisotopic (exact) mass is 364 g/mol. The van der Waals surface area contributed by atoms with Crippen molar-refractivity contribution in [1.29, 1.82) is 0 Å². The molecule has 1 aliphatic rings. The number of halogens is 3. The van der Waals surface area contributed by atoms with Gasteiger partial charge in [0.2, 0.25) is 11.7 Å². The first-order valence-corrected chi connectivity index (χ1v) is 7.86. The van der Waals surface area contributed by atoms with Crippen molar-refractivity contribution in [3.05, 3.63) is 53.1 Å². The van der Waals surface area contributed by atoms with Gasteiger partial charge >= 0.3 is 6.18 Å². The van der Waals surface area contributed by atoms with Gasteiger partial charge < -0.3 is 10.6 Å². The van der Waals surface area contributed by atoms with Gasteiger partial charge in [0.15, 0.2) is 0 Å². The van der Waals surface area contributed by atoms with E-state index in [2.05, 4.69) is 20.6 Å². The molecule has 136 valence electrons. The van der Waals surface area contributed by atoms with E-state index in [-0.39, 0.29) is 23.8 Å². The van der Waals surface area contributed by atoms with Crippen molar-refractivity contribution in [1.82, 2.24) is 15.3 Å². The van der Waals surface area contributed by atoms with Crippen molar-refractivity contribution < 1.29 is 22.8 Å². The number of alkyl halides is 3. The van der Waals surface area contributed by atoms with Gasteiger partial charge in [-0.15, -0.1) is 0 Å². The van der Waals surface area contributed by atoms with Crippen molar-refractivity contribution in [3.8, 4) is 0 Å². The van der Waals surface area contributed by atoms with Gasteiger partial charge in [0.05, 0.1) is 5.92 Å². The summed E-state index contributed by atoms with van der Waals surface area (Å²) in [5.41, 5.74) is 1.25. The van der Waals surface area contributed by atoms with E-state index in [1.54, 1.807) is 12.1 Å². The van der Waals surface area contributed by atoms with E-state index in [1.165, 1.54) is 13.0 Å². The van der Waals surface area contributed by atoms with Crippen LogP contribution in [0.1, 0.15) is 39.9 Å². The van der Waals surface area contributed by atoms with Crippen LogP contribution in [0.5, 0.6) is 0 Å². The SMILES string of the molecule is Cc1cc(C(=O)NCCC2C(=O)Nc3ccccc32)nc(C(F)(F)F)n1. The number of aryl methyl sites for hydroxylation is 1. The second-order valence-corrected chi connectivity index (χ2v) is 5.89. The number of carbonyl (C=O) groups is 2. The maximum atomic E-state index is 12.8. The van der Waals surface area contributed by atoms with E-state index in [1.807, 2.05) is 12.1 Å². The number of benzene rings is 1. The fraction of sp³-hybridized carbons (Fsp3) is 0.294. The molecule has 2 heterocycles. The van der Waals surface area contributed by atoms with Gasteiger partial charge in [0.25, 0.3) is 5.91 Å². The molecule has 1 aliphatic heterocycles. The number of aromatic nitrogens is 2. The number of nitrogens with zero attached hydrogens (tertiary/aromatic N) is 2. The van der Waals surface area contributed by atoms with Crippen LogP contribution in [0.25, 0.3) is 0 Å². The Morgan fingerprint density at radius 1 is 1.27 bits per heavy atom. The molecule has 3 rings (SSSR count). The minimum absolute atomic E-state index is 0.0431. The molecule has 2 N–H and O–H groups in total. The summed E-state index contributed by atoms with van der Waals surface area (Å²) in [6.07, 6.45) is -4.41. The molecule has 1 aromatic heterocycles. The topological polar surface area (TPSA) is 84.0 Å². The predicted octanol–water partition coefficient (Wildman–Crippen LogP) is 2.66. The zero-order chi connectivity index (χ0) is 18.9. The lowest BCUT2D eigenvalue weighted by Gasteiger charge is -2.11. The van der Waals surface area contributed by atoms with Crippen molar-refractivity contribution >= 4 is 17.5 Å². The van der Waals surface area contributed by atoms with Gasteiger partial charge in [-0.05, 0) is 31.0 Å². The van der Waals surface area contributed by atoms with Crippen LogP contribution < -0.4 is 10.6 Å². The second kappa shape index (κ2) is 6.74. The van der Waals surface area contributed by atoms with E-state index >= 15 is 0 Å². The molecule has 0 saturated carbocycles. The fourth-order valence-electron chi connectivity index (χ4n) is 2.79. The Kier molecular flexibility index (Phi) is 4.62. The predicted molar refractivity (Wildman–Crippen MR) is 86.5 cm³/mol. The summed E-state index contributed by atoms with van der Waals surface area (Å²) < 4.78 is 38.3. The molecule has 1 unspecified atom stereocenters. The Morgan fingerprint density at radius 2 is 2.00 bits per heavy atom. The first kappa shape index (κ1) is 17.8. The van der Waals surface area contributed by atoms with Crippen LogP contribution in [0.3, 0.4) is 0 Å². The Hall–Kier alpha value is -2.97. The molecule has 2 amide bonds. The molecule has 0 aliphatic carbocycles. The second-order valence-electron chi connectivity index (χ2n) is 5.89. The number of anilines is 1. The van der Waals surface area contributed by atoms with E-state index in [0.29, 0.717) is 6.42 Å². The third-order valence-electron chi connectivity index (χ3n) is 3.97. The largest absolute Gasteiger partial charge is 0.451 e. The minimum atomic E-state index is -4.73. The number of rotatable bonds is 4. The van der Waals surface area contributed by atoms with Crippen molar-refractivity contribution in [2.45, 2.75) is 25.4 Å². The average Bonchev–Trinajstić information content (AvgIpc) is 2.89. The van der Waals surface area contributed by atoms with Gasteiger partial charge in [0.1, 0.15) is 5.69 Å². The van der Waals surface area contributed by atoms with Crippen molar-refractivity contribution in [2.24, 2.45) is 0 Å². The van der Waals surface area contributed by atoms with Gasteiger partial charge in [-0.2, -0.15) is 13.2 Å². The van der Waals surface area contributed by atoms with Gasteiger partial charge in [-0.3, -0.25) is 9.59 Å². The minimum Gasteiger partial charge on any atom is -0.351 e. The Morgan fingerprint density at radius 3 is 2.73 bits per heavy atom. The number of fused-ring (bicyclic) bond motifs is 1. The Balaban J connectivity index is 1.65. The highest BCUT2D eigenvalue weighted by atomic mass is 19.4. The van der Waals surface area contributed by atoms with Gasteiger partial charge in [-0.1, -0.05) is 18.2 Å². The van der Waals surface area contributed by atoms with Crippen molar-refractivity contribution in [3.63, 3.8) is 0 Å². The molecule has 0 radical (unpaired) electrons. The lowest BCUT2D eigenvalue weighted by Crippen LogP contribution is -2.28. The molecule has 0 spiro atoms. The van der Waals surface area contributed by atoms with Crippen molar-refractivity contribution in [2.75, 3.05) is 11.9 Å². The van der Waals surface area contributed by atoms with Crippen LogP contribution in [0.4, 0.5) is 18.9 Å². The zero-order valence-corrected chi connectivity index (χ0v) is 13.7. The zero-order valence-electron chi connectivity index (χ0n) is 13.7. The van der Waals surface area contributed by atoms with E-state index < -0.39 is 23.8 Å². The number of amides is 2. The van der Waals surface area contributed by atoms with E-state index in [0.717, 1.165) is 11.3 Å². The summed E-state index contributed by atoms with van der Waals surface area (Å²) in [6, 6.07) is 8.41. The summed E-state index contributed by atoms with van der Waals surface area (Å²) in [5, 5.41) is 5.26. The molecule has 1 aromatic carbocycles. The molecule has 0 fully saturated rings. The highest BCUT2D eigenvalue weighted by Gasteiger charge is 2.35. The maximum Gasteiger partial charge on any atom is 0.451 e. The summed E-state index contributed by atoms with van der Waals surface area (Å²) in [4.78, 5) is 30.7. The van der Waals surface area contributed by atoms with Crippen LogP contribution in [0.15, 0.2) is 30.3 Å². The molecular weight excluding hydrogens is 349 g/mol. The molecule has 1 atom stereocenters. The summed E-state index contributed by atoms with van der Waals surface area (Å²) in [7, 11) is 0. The van der Waals surface area contributed by atoms with Gasteiger partial charge in [0, 0.05) is 17.9 Å². The highest BCUT2D eigenvalue weighted by Crippen LogP contribution is 2.33. The highest BCUT2D eigenvalue weighted by molar-refractivity contribution is 6.02. The Bertz CT molecular complexity index is 867. The first-order chi connectivity index (χ1) is 12.3. The van der Waals surface area contributed by atoms with Crippen LogP contribution in [0.2, 0.25) is 0 Å². The van der Waals surface area contributed by atoms with Crippen LogP contribution >= 0.6 is 0 Å². The van der Waals surface area contributed by atoms with E-state index in [9.17, 15) is 22.8 Å². The van der Waals surface area contributed by atoms with Crippen LogP contribution in [-0.2, 0) is 11.0 Å². The summed E-state index contributed by atoms with van der Waals surface area (Å²) in [5.74, 6) is -2.68. The summed E-state index contributed by atoms with van der Waals surface area (Å²) in [6.45, 7) is 1.48. The lowest BCUT2D eigenvalue weighted by atomic mass is 9.97. The van der Waals surface area contributed by atoms with Gasteiger partial charge in [-0.25, -0.2) is 9.97 Å². The summed E-state index contributed by atoms with van der Waals surface area (Å²) >= 11 is 0. The number of carbonyl (C=O) groups excluding carboxylic acids is 2. The number of hydrogen-bond donors (Lipinski definition) is 2. The molecular formula is C17H15F3N4O2. The molecule has 0 saturated heterocycles. The average molecular weight is 364 g/mol. The Labute approximate surface area is 146 Å². The standard InChI is InChI=1S/C17H15F3N4O2/c1-9-8-13(24-16(22-9)17(18,19)20)15(26)21-7-6-11-10-4-2-3-5-12(10)23-14(11)25/h2-5,8,11H,6-7H2,1H3,(H,21,26)(H,23,25). The number of para-hydroxylation sites is 1. The van der Waals surface area contributed by atoms with Crippen LogP contribution in [0, 0.1) is 6.92 Å². The van der Waals surface area contributed by atoms with E-state index in [4.69, 9.17) is 0 Å². The number of hydrogen-bond acceptors (Lipinski definition) is 4. The third-order valence-corrected chi connectivity index (χ3v) is 3.97. The maximum absolute atomic E-state index is 12.8. The number of nitrogens with one attached hydrogen (secondary N) is 2. The third kappa shape index (κ3) is 3.66. The lowest BCUT2D eigenvalue weighted by molar-refractivity contribution is -0.145. The fourth-order valence-corrected chi connectivity index (χ4v) is 2.79.